The number of aliphatic carboxylic acids is 3. The first-order valence-corrected chi connectivity index (χ1v) is 4.11. The van der Waals surface area contributed by atoms with Gasteiger partial charge in [0.25, 0.3) is 0 Å². The lowest BCUT2D eigenvalue weighted by Gasteiger charge is -1.94. The maximum Gasteiger partial charge on any atom is 0.329 e. The van der Waals surface area contributed by atoms with E-state index in [0.717, 1.165) is 0 Å². The van der Waals surface area contributed by atoms with Crippen LogP contribution in [-0.2, 0) is 19.1 Å². The third-order valence-electron chi connectivity index (χ3n) is 0.754. The third kappa shape index (κ3) is 22.8. The van der Waals surface area contributed by atoms with Crippen LogP contribution in [0.4, 0.5) is 0 Å². The summed E-state index contributed by atoms with van der Waals surface area (Å²) in [6.45, 7) is -0.623. The average molecular weight is 254 g/mol. The molecule has 0 saturated carbocycles. The Hall–Kier alpha value is -1.74. The molecule has 0 saturated heterocycles. The van der Waals surface area contributed by atoms with E-state index in [1.165, 1.54) is 0 Å². The molecule has 0 rings (SSSR count). The molecule has 0 aromatic rings. The van der Waals surface area contributed by atoms with Crippen molar-refractivity contribution in [2.24, 2.45) is 0 Å². The van der Waals surface area contributed by atoms with Gasteiger partial charge < -0.3 is 25.2 Å². The Kier molecular flexibility index (Phi) is 10.2. The maximum absolute atomic E-state index is 9.73. The molecule has 0 aliphatic carbocycles. The molecule has 0 fully saturated rings. The van der Waals surface area contributed by atoms with Crippen molar-refractivity contribution in [2.75, 3.05) is 13.2 Å². The highest BCUT2D eigenvalue weighted by Gasteiger charge is 2.01. The highest BCUT2D eigenvalue weighted by molar-refractivity contribution is 7.80. The number of carboxylic acid groups (broad SMARTS) is 3. The lowest BCUT2D eigenvalue weighted by molar-refractivity contribution is -0.147. The molecule has 0 aromatic heterocycles. The van der Waals surface area contributed by atoms with E-state index in [0.29, 0.717) is 0 Å². The number of carboxylic acids is 3. The SMILES string of the molecule is O=C(O)CC(=O)O.O=C(O)COCC(O)=S. The number of rotatable bonds is 6. The molecule has 0 aliphatic rings. The molecule has 0 unspecified atom stereocenters. The molecule has 92 valence electrons. The number of ether oxygens (including phenoxy) is 1. The number of hydrogen-bond donors (Lipinski definition) is 4. The van der Waals surface area contributed by atoms with E-state index in [-0.39, 0.29) is 11.7 Å². The quantitative estimate of drug-likeness (QED) is 0.365. The van der Waals surface area contributed by atoms with Gasteiger partial charge in [0.05, 0.1) is 0 Å². The van der Waals surface area contributed by atoms with E-state index in [9.17, 15) is 14.4 Å². The van der Waals surface area contributed by atoms with Gasteiger partial charge in [-0.3, -0.25) is 9.59 Å². The summed E-state index contributed by atoms with van der Waals surface area (Å²) in [5.74, 6) is -3.70. The number of carbonyl (C=O) groups is 3. The molecule has 0 heterocycles. The molecule has 8 nitrogen and oxygen atoms in total. The zero-order chi connectivity index (χ0) is 13.1. The molecule has 0 atom stereocenters. The van der Waals surface area contributed by atoms with Gasteiger partial charge >= 0.3 is 17.9 Å². The monoisotopic (exact) mass is 254 g/mol. The smallest absolute Gasteiger partial charge is 0.329 e. The fraction of sp³-hybridized carbons (Fsp3) is 0.429. The zero-order valence-electron chi connectivity index (χ0n) is 7.95. The molecule has 16 heavy (non-hydrogen) atoms. The number of thiocarbonyl (C=S) groups is 1. The van der Waals surface area contributed by atoms with Crippen molar-refractivity contribution in [3.63, 3.8) is 0 Å². The fourth-order valence-corrected chi connectivity index (χ4v) is 0.438. The molecule has 4 N–H and O–H groups in total. The number of aliphatic hydroxyl groups excluding tert-OH is 1. The Labute approximate surface area is 95.1 Å². The van der Waals surface area contributed by atoms with Crippen molar-refractivity contribution in [2.45, 2.75) is 6.42 Å². The molecule has 0 spiro atoms. The summed E-state index contributed by atoms with van der Waals surface area (Å²) in [5, 5.41) is 31.3. The Morgan fingerprint density at radius 1 is 0.875 bits per heavy atom. The Bertz CT molecular complexity index is 248. The van der Waals surface area contributed by atoms with E-state index >= 15 is 0 Å². The third-order valence-corrected chi connectivity index (χ3v) is 0.871. The second-order valence-electron chi connectivity index (χ2n) is 2.24. The van der Waals surface area contributed by atoms with Crippen molar-refractivity contribution >= 4 is 35.2 Å². The van der Waals surface area contributed by atoms with Crippen molar-refractivity contribution in [1.82, 2.24) is 0 Å². The first-order valence-electron chi connectivity index (χ1n) is 3.70. The van der Waals surface area contributed by atoms with Crippen LogP contribution in [0.1, 0.15) is 6.42 Å². The summed E-state index contributed by atoms with van der Waals surface area (Å²) in [5.41, 5.74) is 0. The summed E-state index contributed by atoms with van der Waals surface area (Å²) in [7, 11) is 0. The Balaban J connectivity index is 0. The van der Waals surface area contributed by atoms with Gasteiger partial charge in [0.1, 0.15) is 19.6 Å². The highest BCUT2D eigenvalue weighted by atomic mass is 32.1. The highest BCUT2D eigenvalue weighted by Crippen LogP contribution is 1.76. The predicted molar refractivity (Wildman–Crippen MR) is 53.6 cm³/mol. The van der Waals surface area contributed by atoms with Crippen molar-refractivity contribution in [3.05, 3.63) is 0 Å². The first kappa shape index (κ1) is 16.7. The second kappa shape index (κ2) is 9.80. The summed E-state index contributed by atoms with van der Waals surface area (Å²) < 4.78 is 4.37. The molecule has 9 heteroatoms. The van der Waals surface area contributed by atoms with Crippen LogP contribution in [0.3, 0.4) is 0 Å². The van der Waals surface area contributed by atoms with Crippen LogP contribution < -0.4 is 0 Å². The Morgan fingerprint density at radius 3 is 1.50 bits per heavy atom. The molecular formula is C7H10O8S. The van der Waals surface area contributed by atoms with Crippen molar-refractivity contribution < 1.29 is 39.5 Å². The van der Waals surface area contributed by atoms with Crippen LogP contribution in [-0.4, -0.2) is 56.6 Å². The summed E-state index contributed by atoms with van der Waals surface area (Å²) >= 11 is 4.19. The molecule has 0 amide bonds. The van der Waals surface area contributed by atoms with E-state index in [1.807, 2.05) is 0 Å². The number of hydrogen-bond acceptors (Lipinski definition) is 5. The van der Waals surface area contributed by atoms with Gasteiger partial charge in [-0.25, -0.2) is 4.79 Å². The topological polar surface area (TPSA) is 141 Å². The van der Waals surface area contributed by atoms with Crippen molar-refractivity contribution in [3.8, 4) is 0 Å². The van der Waals surface area contributed by atoms with Gasteiger partial charge in [-0.2, -0.15) is 0 Å². The molecule has 0 aliphatic heterocycles. The van der Waals surface area contributed by atoms with Gasteiger partial charge in [-0.05, 0) is 12.2 Å². The standard InChI is InChI=1S/C4H6O4S.C3H4O4/c5-3(6)1-8-2-4(7)9;4-2(5)1-3(6)7/h1-2H2,(H,5,6)(H,7,9);1H2,(H,4,5)(H,6,7). The minimum Gasteiger partial charge on any atom is -0.500 e. The van der Waals surface area contributed by atoms with Crippen molar-refractivity contribution in [1.29, 1.82) is 0 Å². The van der Waals surface area contributed by atoms with E-state index in [1.54, 1.807) is 0 Å². The van der Waals surface area contributed by atoms with Crippen LogP contribution in [0.5, 0.6) is 0 Å². The van der Waals surface area contributed by atoms with E-state index in [4.69, 9.17) is 20.4 Å². The van der Waals surface area contributed by atoms with Crippen LogP contribution in [0.15, 0.2) is 0 Å². The first-order chi connectivity index (χ1) is 7.25. The zero-order valence-corrected chi connectivity index (χ0v) is 8.77. The summed E-state index contributed by atoms with van der Waals surface area (Å²) in [6, 6.07) is 0. The van der Waals surface area contributed by atoms with Crippen LogP contribution in [0.25, 0.3) is 0 Å². The predicted octanol–water partition coefficient (Wildman–Crippen LogP) is -0.481. The largest absolute Gasteiger partial charge is 0.500 e. The van der Waals surface area contributed by atoms with Gasteiger partial charge in [0, 0.05) is 0 Å². The normalized spacial score (nSPS) is 8.50. The van der Waals surface area contributed by atoms with E-state index in [2.05, 4.69) is 17.0 Å². The van der Waals surface area contributed by atoms with Gasteiger partial charge in [0.15, 0.2) is 5.05 Å². The minimum absolute atomic E-state index is 0.193. The van der Waals surface area contributed by atoms with Gasteiger partial charge in [0.2, 0.25) is 0 Å². The minimum atomic E-state index is -1.31. The fourth-order valence-electron chi connectivity index (χ4n) is 0.355. The molecule has 0 radical (unpaired) electrons. The number of aliphatic hydroxyl groups is 1. The maximum atomic E-state index is 9.73. The summed E-state index contributed by atoms with van der Waals surface area (Å²) in [4.78, 5) is 28.6. The van der Waals surface area contributed by atoms with E-state index < -0.39 is 30.9 Å². The average Bonchev–Trinajstić information content (AvgIpc) is 2.00. The van der Waals surface area contributed by atoms with Gasteiger partial charge in [-0.1, -0.05) is 0 Å². The summed E-state index contributed by atoms with van der Waals surface area (Å²) in [6.07, 6.45) is -0.806. The molecule has 0 bridgehead atoms. The Morgan fingerprint density at radius 2 is 1.31 bits per heavy atom. The molecule has 0 aromatic carbocycles. The second-order valence-corrected chi connectivity index (χ2v) is 2.72. The van der Waals surface area contributed by atoms with Gasteiger partial charge in [-0.15, -0.1) is 0 Å². The van der Waals surface area contributed by atoms with Crippen LogP contribution in [0.2, 0.25) is 0 Å². The van der Waals surface area contributed by atoms with Crippen LogP contribution >= 0.6 is 12.2 Å². The lowest BCUT2D eigenvalue weighted by atomic mass is 10.5. The molecular weight excluding hydrogens is 244 g/mol. The van der Waals surface area contributed by atoms with Crippen LogP contribution in [0, 0.1) is 0 Å². The lowest BCUT2D eigenvalue weighted by Crippen LogP contribution is -2.11.